The Morgan fingerprint density at radius 1 is 0.357 bits per heavy atom. The molecule has 7 aromatic rings. The summed E-state index contributed by atoms with van der Waals surface area (Å²) in [4.78, 5) is 39.3. The van der Waals surface area contributed by atoms with Gasteiger partial charge in [-0.1, -0.05) is 97.1 Å². The Bertz CT molecular complexity index is 2060. The van der Waals surface area contributed by atoms with E-state index in [0.29, 0.717) is 45.9 Å². The molecule has 0 aliphatic carbocycles. The van der Waals surface area contributed by atoms with Crippen molar-refractivity contribution in [2.45, 2.75) is 0 Å². The Kier molecular flexibility index (Phi) is 5.62. The van der Waals surface area contributed by atoms with Gasteiger partial charge in [-0.2, -0.15) is 0 Å². The van der Waals surface area contributed by atoms with Crippen LogP contribution in [0.2, 0.25) is 0 Å². The molecule has 0 spiro atoms. The van der Waals surface area contributed by atoms with Crippen molar-refractivity contribution in [2.24, 2.45) is 0 Å². The SMILES string of the molecule is [O]=[Zn].c1ccc2c(c1)-c1nc-2nc2[n-]c(nc3nc(nc4[n-]c(n1)c1ccccc41)-c1ccccc1-3)c1ccccc21. The Labute approximate surface area is 247 Å². The zero-order valence-electron chi connectivity index (χ0n) is 21.9. The average Bonchev–Trinajstić information content (AvgIpc) is 3.78. The van der Waals surface area contributed by atoms with E-state index in [2.05, 4.69) is 0 Å². The summed E-state index contributed by atoms with van der Waals surface area (Å²) < 4.78 is 8.38. The smallest absolute Gasteiger partial charge is 0.0927 e. The average molecular weight is 594 g/mol. The summed E-state index contributed by atoms with van der Waals surface area (Å²) >= 11 is 0.125. The fraction of sp³-hybridized carbons (Fsp3) is 0. The van der Waals surface area contributed by atoms with Gasteiger partial charge in [-0.15, -0.1) is 0 Å². The molecule has 2 aliphatic heterocycles. The van der Waals surface area contributed by atoms with Crippen LogP contribution in [-0.2, 0) is 21.8 Å². The van der Waals surface area contributed by atoms with Gasteiger partial charge in [0.05, 0.1) is 23.3 Å². The van der Waals surface area contributed by atoms with E-state index in [1.165, 1.54) is 0 Å². The molecule has 0 unspecified atom stereocenters. The molecule has 8 bridgehead atoms. The van der Waals surface area contributed by atoms with Crippen LogP contribution in [0.25, 0.3) is 89.7 Å². The molecule has 0 N–H and O–H groups in total. The van der Waals surface area contributed by atoms with E-state index in [-0.39, 0.29) is 18.3 Å². The Hall–Kier alpha value is -5.34. The van der Waals surface area contributed by atoms with Crippen molar-refractivity contribution in [2.75, 3.05) is 0 Å². The van der Waals surface area contributed by atoms with E-state index in [9.17, 15) is 0 Å². The zero-order valence-corrected chi connectivity index (χ0v) is 24.9. The molecule has 5 heterocycles. The second-order valence-corrected chi connectivity index (χ2v) is 9.67. The van der Waals surface area contributed by atoms with E-state index in [0.717, 1.165) is 43.8 Å². The van der Waals surface area contributed by atoms with Gasteiger partial charge in [-0.3, -0.25) is 0 Å². The van der Waals surface area contributed by atoms with Gasteiger partial charge < -0.3 is 29.9 Å². The summed E-state index contributed by atoms with van der Waals surface area (Å²) in [7, 11) is 0. The maximum atomic E-state index is 8.38. The topological polar surface area (TPSA) is 123 Å². The molecule has 0 fully saturated rings. The Balaban J connectivity index is 0.00000131. The first-order chi connectivity index (χ1) is 20.8. The third kappa shape index (κ3) is 3.73. The second kappa shape index (κ2) is 9.64. The Morgan fingerprint density at radius 3 is 0.857 bits per heavy atom. The van der Waals surface area contributed by atoms with E-state index in [1.807, 2.05) is 97.1 Å². The van der Waals surface area contributed by atoms with Crippen LogP contribution in [0.4, 0.5) is 0 Å². The molecular formula is C32H16N8OZn-2. The molecular weight excluding hydrogens is 578 g/mol. The van der Waals surface area contributed by atoms with Crippen LogP contribution in [-0.4, -0.2) is 29.9 Å². The van der Waals surface area contributed by atoms with E-state index >= 15 is 0 Å². The monoisotopic (exact) mass is 592 g/mol. The first-order valence-electron chi connectivity index (χ1n) is 13.2. The van der Waals surface area contributed by atoms with Crippen LogP contribution in [0.3, 0.4) is 0 Å². The summed E-state index contributed by atoms with van der Waals surface area (Å²) in [5, 5.41) is 3.57. The van der Waals surface area contributed by atoms with Crippen LogP contribution in [0.15, 0.2) is 97.1 Å². The molecule has 3 aromatic heterocycles. The quantitative estimate of drug-likeness (QED) is 0.195. The molecule has 9 rings (SSSR count). The van der Waals surface area contributed by atoms with Crippen molar-refractivity contribution in [3.8, 4) is 45.6 Å². The van der Waals surface area contributed by atoms with Crippen LogP contribution in [0, 0.1) is 0 Å². The minimum atomic E-state index is 0.125. The molecule has 4 aromatic carbocycles. The predicted molar refractivity (Wildman–Crippen MR) is 155 cm³/mol. The largest absolute Gasteiger partial charge is 0.357 e. The number of benzene rings is 4. The van der Waals surface area contributed by atoms with Crippen molar-refractivity contribution in [3.05, 3.63) is 97.1 Å². The second-order valence-electron chi connectivity index (χ2n) is 9.67. The van der Waals surface area contributed by atoms with Crippen LogP contribution in [0.1, 0.15) is 0 Å². The molecule has 10 heteroatoms. The first kappa shape index (κ1) is 24.5. The van der Waals surface area contributed by atoms with E-state index in [1.54, 1.807) is 0 Å². The number of aromatic nitrogens is 8. The van der Waals surface area contributed by atoms with Gasteiger partial charge in [0.1, 0.15) is 0 Å². The molecule has 0 amide bonds. The maximum absolute atomic E-state index is 8.38. The third-order valence-corrected chi connectivity index (χ3v) is 7.33. The number of rotatable bonds is 0. The fourth-order valence-electron chi connectivity index (χ4n) is 5.46. The van der Waals surface area contributed by atoms with Crippen molar-refractivity contribution < 1.29 is 21.8 Å². The van der Waals surface area contributed by atoms with Crippen LogP contribution in [0.5, 0.6) is 0 Å². The predicted octanol–water partition coefficient (Wildman–Crippen LogP) is 6.01. The summed E-state index contributed by atoms with van der Waals surface area (Å²) in [5.74, 6) is 2.21. The minimum absolute atomic E-state index is 0.125. The van der Waals surface area contributed by atoms with Gasteiger partial charge in [-0.05, 0) is 21.5 Å². The molecule has 194 valence electrons. The van der Waals surface area contributed by atoms with Crippen molar-refractivity contribution >= 4 is 44.1 Å². The minimum Gasteiger partial charge on any atom is -0.357 e. The number of hydrogen-bond acceptors (Lipinski definition) is 7. The molecule has 0 atom stereocenters. The van der Waals surface area contributed by atoms with Crippen molar-refractivity contribution in [3.63, 3.8) is 0 Å². The summed E-state index contributed by atoms with van der Waals surface area (Å²) in [5.41, 5.74) is 5.78. The van der Waals surface area contributed by atoms with Gasteiger partial charge in [0, 0.05) is 44.8 Å². The summed E-state index contributed by atoms with van der Waals surface area (Å²) in [6.45, 7) is 0. The molecule has 9 nitrogen and oxygen atoms in total. The van der Waals surface area contributed by atoms with Crippen molar-refractivity contribution in [1.29, 1.82) is 0 Å². The zero-order chi connectivity index (χ0) is 28.2. The number of nitrogens with zero attached hydrogens (tertiary/aromatic N) is 8. The fourth-order valence-corrected chi connectivity index (χ4v) is 5.46. The van der Waals surface area contributed by atoms with E-state index in [4.69, 9.17) is 43.4 Å². The summed E-state index contributed by atoms with van der Waals surface area (Å²) in [6, 6.07) is 31.8. The van der Waals surface area contributed by atoms with Gasteiger partial charge in [0.15, 0.2) is 0 Å². The number of hydrogen-bond donors (Lipinski definition) is 0. The molecule has 0 saturated carbocycles. The molecule has 0 saturated heterocycles. The number of fused-ring (bicyclic) bond motifs is 20. The van der Waals surface area contributed by atoms with Crippen molar-refractivity contribution in [1.82, 2.24) is 39.9 Å². The van der Waals surface area contributed by atoms with E-state index < -0.39 is 0 Å². The van der Waals surface area contributed by atoms with Crippen LogP contribution >= 0.6 is 0 Å². The molecule has 2 aliphatic rings. The summed E-state index contributed by atoms with van der Waals surface area (Å²) in [6.07, 6.45) is 0. The standard InChI is InChI=1S/C32H16N8.O.Zn/c1-2-10-18-17(9-1)25-33-26(18)38-28-21-13-5-6-14-22(21)30(35-28)40-32-24-16-8-7-15-23(24)31(36-32)39-29-20-12-4-3-11-19(20)27(34-29)37-25;;/h1-16H;;/q-2;;. The Morgan fingerprint density at radius 2 is 0.595 bits per heavy atom. The molecule has 0 radical (unpaired) electrons. The first-order valence-corrected chi connectivity index (χ1v) is 14.4. The van der Waals surface area contributed by atoms with Gasteiger partial charge >= 0.3 is 21.8 Å². The maximum Gasteiger partial charge on any atom is 0.0927 e. The van der Waals surface area contributed by atoms with Gasteiger partial charge in [-0.25, -0.2) is 9.97 Å². The van der Waals surface area contributed by atoms with Gasteiger partial charge in [0.25, 0.3) is 0 Å². The van der Waals surface area contributed by atoms with Crippen LogP contribution < -0.4 is 9.97 Å². The molecule has 42 heavy (non-hydrogen) atoms. The third-order valence-electron chi connectivity index (χ3n) is 7.33. The normalized spacial score (nSPS) is 11.6. The van der Waals surface area contributed by atoms with Gasteiger partial charge in [0.2, 0.25) is 0 Å².